The molecule has 0 aliphatic heterocycles. The quantitative estimate of drug-likeness (QED) is 0.650. The summed E-state index contributed by atoms with van der Waals surface area (Å²) in [5.74, 6) is -1.06. The summed E-state index contributed by atoms with van der Waals surface area (Å²) in [6.45, 7) is 1.47. The predicted octanol–water partition coefficient (Wildman–Crippen LogP) is 0.337. The number of carbonyl (C=O) groups is 3. The van der Waals surface area contributed by atoms with Crippen LogP contribution in [0.3, 0.4) is 0 Å². The number of phenolic OH excluding ortho intramolecular Hbond substituents is 1. The second-order valence-corrected chi connectivity index (χ2v) is 4.81. The van der Waals surface area contributed by atoms with Gasteiger partial charge in [-0.05, 0) is 24.6 Å². The van der Waals surface area contributed by atoms with E-state index in [1.165, 1.54) is 33.3 Å². The van der Waals surface area contributed by atoms with Gasteiger partial charge in [0.2, 0.25) is 5.91 Å². The molecular formula is C15H20N2O6. The first-order valence-electron chi connectivity index (χ1n) is 6.88. The summed E-state index contributed by atoms with van der Waals surface area (Å²) in [7, 11) is 2.40. The number of carbonyl (C=O) groups excluding carboxylic acids is 3. The number of nitrogens with one attached hydrogen (secondary N) is 2. The number of ether oxygens (including phenoxy) is 2. The van der Waals surface area contributed by atoms with Crippen molar-refractivity contribution in [1.82, 2.24) is 10.6 Å². The Balaban J connectivity index is 2.82. The monoisotopic (exact) mass is 324 g/mol. The van der Waals surface area contributed by atoms with Crippen LogP contribution in [0, 0.1) is 0 Å². The van der Waals surface area contributed by atoms with E-state index in [0.29, 0.717) is 5.56 Å². The van der Waals surface area contributed by atoms with E-state index >= 15 is 0 Å². The third-order valence-electron chi connectivity index (χ3n) is 3.08. The lowest BCUT2D eigenvalue weighted by atomic mass is 10.0. The summed E-state index contributed by atoms with van der Waals surface area (Å²) >= 11 is 0. The largest absolute Gasteiger partial charge is 0.508 e. The molecule has 2 atom stereocenters. The molecule has 0 radical (unpaired) electrons. The van der Waals surface area contributed by atoms with E-state index in [1.54, 1.807) is 12.1 Å². The fraction of sp³-hybridized carbons (Fsp3) is 0.400. The highest BCUT2D eigenvalue weighted by atomic mass is 16.5. The van der Waals surface area contributed by atoms with E-state index in [1.807, 2.05) is 0 Å². The van der Waals surface area contributed by atoms with E-state index in [9.17, 15) is 19.5 Å². The molecule has 23 heavy (non-hydrogen) atoms. The molecule has 1 aromatic rings. The zero-order chi connectivity index (χ0) is 17.4. The summed E-state index contributed by atoms with van der Waals surface area (Å²) in [4.78, 5) is 35.0. The summed E-state index contributed by atoms with van der Waals surface area (Å²) in [6.07, 6.45) is -0.607. The first-order valence-corrected chi connectivity index (χ1v) is 6.88. The molecule has 0 heterocycles. The van der Waals surface area contributed by atoms with Gasteiger partial charge >= 0.3 is 12.1 Å². The van der Waals surface area contributed by atoms with E-state index in [-0.39, 0.29) is 12.2 Å². The van der Waals surface area contributed by atoms with Crippen LogP contribution in [-0.2, 0) is 25.5 Å². The molecular weight excluding hydrogens is 304 g/mol. The molecule has 1 aromatic carbocycles. The van der Waals surface area contributed by atoms with Crippen LogP contribution in [0.25, 0.3) is 0 Å². The van der Waals surface area contributed by atoms with Gasteiger partial charge in [0.05, 0.1) is 14.2 Å². The SMILES string of the molecule is COC(=O)NC(Cc1ccc(O)cc1)C(=O)NC(C)C(=O)OC. The molecule has 3 N–H and O–H groups in total. The average molecular weight is 324 g/mol. The molecule has 2 amide bonds. The maximum absolute atomic E-state index is 12.3. The molecule has 0 fully saturated rings. The summed E-state index contributed by atoms with van der Waals surface area (Å²) in [5, 5.41) is 14.1. The normalized spacial score (nSPS) is 12.7. The van der Waals surface area contributed by atoms with Crippen molar-refractivity contribution in [3.05, 3.63) is 29.8 Å². The Labute approximate surface area is 133 Å². The number of aromatic hydroxyl groups is 1. The van der Waals surface area contributed by atoms with Crippen LogP contribution >= 0.6 is 0 Å². The van der Waals surface area contributed by atoms with Crippen molar-refractivity contribution < 1.29 is 29.0 Å². The molecule has 0 aliphatic rings. The molecule has 0 bridgehead atoms. The van der Waals surface area contributed by atoms with Crippen LogP contribution in [0.15, 0.2) is 24.3 Å². The standard InChI is InChI=1S/C15H20N2O6/c1-9(14(20)22-2)16-13(19)12(17-15(21)23-3)8-10-4-6-11(18)7-5-10/h4-7,9,12,18H,8H2,1-3H3,(H,16,19)(H,17,21). The van der Waals surface area contributed by atoms with Gasteiger partial charge in [0.1, 0.15) is 17.8 Å². The Bertz CT molecular complexity index is 558. The minimum atomic E-state index is -0.945. The second kappa shape index (κ2) is 8.62. The number of rotatable bonds is 6. The van der Waals surface area contributed by atoms with Crippen molar-refractivity contribution in [3.63, 3.8) is 0 Å². The van der Waals surface area contributed by atoms with Crippen molar-refractivity contribution in [2.75, 3.05) is 14.2 Å². The molecule has 8 nitrogen and oxygen atoms in total. The molecule has 2 unspecified atom stereocenters. The number of alkyl carbamates (subject to hydrolysis) is 1. The lowest BCUT2D eigenvalue weighted by Gasteiger charge is -2.20. The number of hydrogen-bond donors (Lipinski definition) is 3. The molecule has 0 saturated carbocycles. The number of amides is 2. The molecule has 0 spiro atoms. The Morgan fingerprint density at radius 3 is 2.22 bits per heavy atom. The molecule has 0 aliphatic carbocycles. The van der Waals surface area contributed by atoms with Gasteiger partial charge in [0.15, 0.2) is 0 Å². The van der Waals surface area contributed by atoms with Gasteiger partial charge in [-0.1, -0.05) is 12.1 Å². The average Bonchev–Trinajstić information content (AvgIpc) is 2.54. The topological polar surface area (TPSA) is 114 Å². The molecule has 126 valence electrons. The van der Waals surface area contributed by atoms with Gasteiger partial charge < -0.3 is 25.2 Å². The van der Waals surface area contributed by atoms with Crippen LogP contribution in [-0.4, -0.2) is 49.4 Å². The smallest absolute Gasteiger partial charge is 0.407 e. The lowest BCUT2D eigenvalue weighted by molar-refractivity contribution is -0.144. The van der Waals surface area contributed by atoms with Gasteiger partial charge in [-0.25, -0.2) is 9.59 Å². The Morgan fingerprint density at radius 2 is 1.70 bits per heavy atom. The van der Waals surface area contributed by atoms with Gasteiger partial charge in [-0.15, -0.1) is 0 Å². The fourth-order valence-electron chi connectivity index (χ4n) is 1.83. The number of benzene rings is 1. The van der Waals surface area contributed by atoms with Gasteiger partial charge in [-0.3, -0.25) is 4.79 Å². The van der Waals surface area contributed by atoms with Crippen molar-refractivity contribution in [1.29, 1.82) is 0 Å². The van der Waals surface area contributed by atoms with Crippen LogP contribution in [0.1, 0.15) is 12.5 Å². The first-order chi connectivity index (χ1) is 10.9. The molecule has 0 aromatic heterocycles. The van der Waals surface area contributed by atoms with Crippen LogP contribution in [0.2, 0.25) is 0 Å². The highest BCUT2D eigenvalue weighted by molar-refractivity contribution is 5.89. The minimum Gasteiger partial charge on any atom is -0.508 e. The van der Waals surface area contributed by atoms with E-state index < -0.39 is 30.1 Å². The Hall–Kier alpha value is -2.77. The van der Waals surface area contributed by atoms with Crippen molar-refractivity contribution in [2.24, 2.45) is 0 Å². The van der Waals surface area contributed by atoms with E-state index in [2.05, 4.69) is 20.1 Å². The third kappa shape index (κ3) is 5.85. The molecule has 8 heteroatoms. The van der Waals surface area contributed by atoms with Crippen LogP contribution < -0.4 is 10.6 Å². The third-order valence-corrected chi connectivity index (χ3v) is 3.08. The van der Waals surface area contributed by atoms with Crippen LogP contribution in [0.4, 0.5) is 4.79 Å². The number of methoxy groups -OCH3 is 2. The predicted molar refractivity (Wildman–Crippen MR) is 80.8 cm³/mol. The number of phenols is 1. The second-order valence-electron chi connectivity index (χ2n) is 4.81. The number of hydrogen-bond acceptors (Lipinski definition) is 6. The van der Waals surface area contributed by atoms with Crippen molar-refractivity contribution in [3.8, 4) is 5.75 Å². The summed E-state index contributed by atoms with van der Waals surface area (Å²) < 4.78 is 9.03. The van der Waals surface area contributed by atoms with Gasteiger partial charge in [0.25, 0.3) is 0 Å². The van der Waals surface area contributed by atoms with Crippen molar-refractivity contribution in [2.45, 2.75) is 25.4 Å². The zero-order valence-corrected chi connectivity index (χ0v) is 13.2. The first kappa shape index (κ1) is 18.3. The van der Waals surface area contributed by atoms with E-state index in [0.717, 1.165) is 0 Å². The maximum Gasteiger partial charge on any atom is 0.407 e. The Morgan fingerprint density at radius 1 is 1.09 bits per heavy atom. The minimum absolute atomic E-state index is 0.0926. The fourth-order valence-corrected chi connectivity index (χ4v) is 1.83. The highest BCUT2D eigenvalue weighted by Crippen LogP contribution is 2.11. The highest BCUT2D eigenvalue weighted by Gasteiger charge is 2.25. The Kier molecular flexibility index (Phi) is 6.85. The number of esters is 1. The molecule has 1 rings (SSSR count). The van der Waals surface area contributed by atoms with Crippen LogP contribution in [0.5, 0.6) is 5.75 Å². The van der Waals surface area contributed by atoms with Gasteiger partial charge in [-0.2, -0.15) is 0 Å². The lowest BCUT2D eigenvalue weighted by Crippen LogP contribution is -2.51. The maximum atomic E-state index is 12.3. The summed E-state index contributed by atoms with van der Waals surface area (Å²) in [6, 6.07) is 4.39. The summed E-state index contributed by atoms with van der Waals surface area (Å²) in [5.41, 5.74) is 0.713. The van der Waals surface area contributed by atoms with Gasteiger partial charge in [0, 0.05) is 6.42 Å². The van der Waals surface area contributed by atoms with E-state index in [4.69, 9.17) is 0 Å². The molecule has 0 saturated heterocycles. The zero-order valence-electron chi connectivity index (χ0n) is 13.2. The van der Waals surface area contributed by atoms with Crippen molar-refractivity contribution >= 4 is 18.0 Å².